The molecule has 1 atom stereocenters. The zero-order chi connectivity index (χ0) is 13.9. The molecule has 2 N–H and O–H groups in total. The number of anilines is 1. The van der Waals surface area contributed by atoms with E-state index < -0.39 is 0 Å². The Balaban J connectivity index is 1.80. The van der Waals surface area contributed by atoms with Crippen LogP contribution in [0.2, 0.25) is 0 Å². The van der Waals surface area contributed by atoms with E-state index in [1.807, 2.05) is 18.3 Å². The highest BCUT2D eigenvalue weighted by Gasteiger charge is 2.19. The van der Waals surface area contributed by atoms with Crippen molar-refractivity contribution >= 4 is 5.82 Å². The molecule has 0 amide bonds. The second-order valence-electron chi connectivity index (χ2n) is 5.13. The summed E-state index contributed by atoms with van der Waals surface area (Å²) in [6.45, 7) is 3.51. The fourth-order valence-corrected chi connectivity index (χ4v) is 2.50. The number of pyridine rings is 1. The Kier molecular flexibility index (Phi) is 3.66. The van der Waals surface area contributed by atoms with Crippen LogP contribution in [0.3, 0.4) is 0 Å². The molecule has 1 aliphatic heterocycles. The van der Waals surface area contributed by atoms with Gasteiger partial charge in [-0.1, -0.05) is 0 Å². The highest BCUT2D eigenvalue weighted by molar-refractivity contribution is 5.58. The van der Waals surface area contributed by atoms with Crippen molar-refractivity contribution < 1.29 is 4.74 Å². The molecule has 1 saturated heterocycles. The van der Waals surface area contributed by atoms with Crippen LogP contribution in [0.15, 0.2) is 30.7 Å². The van der Waals surface area contributed by atoms with E-state index in [4.69, 9.17) is 10.5 Å². The minimum Gasteiger partial charge on any atom is -0.384 e. The van der Waals surface area contributed by atoms with E-state index in [-0.39, 0.29) is 6.10 Å². The second-order valence-corrected chi connectivity index (χ2v) is 5.13. The summed E-state index contributed by atoms with van der Waals surface area (Å²) in [5.74, 6) is 1.40. The van der Waals surface area contributed by atoms with E-state index in [9.17, 15) is 0 Å². The molecule has 0 radical (unpaired) electrons. The molecule has 1 unspecified atom stereocenters. The molecule has 0 saturated carbocycles. The van der Waals surface area contributed by atoms with Crippen LogP contribution in [-0.4, -0.2) is 52.3 Å². The van der Waals surface area contributed by atoms with Gasteiger partial charge in [0.2, 0.25) is 0 Å². The van der Waals surface area contributed by atoms with E-state index in [1.54, 1.807) is 12.4 Å². The number of aromatic nitrogens is 3. The van der Waals surface area contributed by atoms with Crippen molar-refractivity contribution in [3.63, 3.8) is 0 Å². The Morgan fingerprint density at radius 1 is 1.40 bits per heavy atom. The predicted molar refractivity (Wildman–Crippen MR) is 77.1 cm³/mol. The van der Waals surface area contributed by atoms with Gasteiger partial charge in [0, 0.05) is 37.2 Å². The van der Waals surface area contributed by atoms with Crippen LogP contribution in [0.1, 0.15) is 0 Å². The van der Waals surface area contributed by atoms with E-state index >= 15 is 0 Å². The van der Waals surface area contributed by atoms with Crippen LogP contribution >= 0.6 is 0 Å². The third kappa shape index (κ3) is 2.81. The third-order valence-corrected chi connectivity index (χ3v) is 3.50. The Labute approximate surface area is 118 Å². The Morgan fingerprint density at radius 2 is 2.30 bits per heavy atom. The summed E-state index contributed by atoms with van der Waals surface area (Å²) in [5.41, 5.74) is 6.72. The van der Waals surface area contributed by atoms with Gasteiger partial charge in [0.25, 0.3) is 0 Å². The van der Waals surface area contributed by atoms with Gasteiger partial charge in [-0.2, -0.15) is 0 Å². The molecule has 1 fully saturated rings. The zero-order valence-corrected chi connectivity index (χ0v) is 11.6. The summed E-state index contributed by atoms with van der Waals surface area (Å²) in [4.78, 5) is 10.7. The van der Waals surface area contributed by atoms with Gasteiger partial charge in [-0.05, 0) is 19.2 Å². The lowest BCUT2D eigenvalue weighted by Crippen LogP contribution is -2.41. The molecule has 3 rings (SSSR count). The topological polar surface area (TPSA) is 69.2 Å². The standard InChI is InChI=1S/C14H19N5O/c1-18-6-7-20-12(9-18)10-19-5-4-17-14(19)11-2-3-16-13(15)8-11/h2-5,8,12H,6-7,9-10H2,1H3,(H2,15,16). The summed E-state index contributed by atoms with van der Waals surface area (Å²) >= 11 is 0. The lowest BCUT2D eigenvalue weighted by molar-refractivity contribution is -0.0272. The first kappa shape index (κ1) is 13.1. The van der Waals surface area contributed by atoms with Crippen LogP contribution in [0.5, 0.6) is 0 Å². The van der Waals surface area contributed by atoms with Crippen LogP contribution < -0.4 is 5.73 Å². The molecular weight excluding hydrogens is 254 g/mol. The largest absolute Gasteiger partial charge is 0.384 e. The normalized spacial score (nSPS) is 20.1. The highest BCUT2D eigenvalue weighted by Crippen LogP contribution is 2.19. The molecule has 0 spiro atoms. The van der Waals surface area contributed by atoms with E-state index in [1.165, 1.54) is 0 Å². The Hall–Kier alpha value is -1.92. The molecular formula is C14H19N5O. The predicted octanol–water partition coefficient (Wildman–Crippen LogP) is 0.858. The zero-order valence-electron chi connectivity index (χ0n) is 11.6. The number of likely N-dealkylation sites (N-methyl/N-ethyl adjacent to an activating group) is 1. The molecule has 2 aromatic heterocycles. The molecule has 0 bridgehead atoms. The summed E-state index contributed by atoms with van der Waals surface area (Å²) in [5, 5.41) is 0. The number of nitrogens with two attached hydrogens (primary N) is 1. The fraction of sp³-hybridized carbons (Fsp3) is 0.429. The Bertz CT molecular complexity index is 582. The third-order valence-electron chi connectivity index (χ3n) is 3.50. The van der Waals surface area contributed by atoms with Gasteiger partial charge in [0.05, 0.1) is 19.3 Å². The number of rotatable bonds is 3. The monoisotopic (exact) mass is 273 g/mol. The first-order chi connectivity index (χ1) is 9.72. The number of imidazole rings is 1. The van der Waals surface area contributed by atoms with Crippen molar-refractivity contribution in [1.82, 2.24) is 19.4 Å². The average molecular weight is 273 g/mol. The minimum atomic E-state index is 0.195. The van der Waals surface area contributed by atoms with Crippen LogP contribution in [-0.2, 0) is 11.3 Å². The molecule has 6 heteroatoms. The SMILES string of the molecule is CN1CCOC(Cn2ccnc2-c2ccnc(N)c2)C1. The number of morpholine rings is 1. The van der Waals surface area contributed by atoms with Gasteiger partial charge in [-0.15, -0.1) is 0 Å². The lowest BCUT2D eigenvalue weighted by Gasteiger charge is -2.30. The first-order valence-electron chi connectivity index (χ1n) is 6.75. The molecule has 1 aliphatic rings. The van der Waals surface area contributed by atoms with Gasteiger partial charge in [0.15, 0.2) is 0 Å². The number of ether oxygens (including phenoxy) is 1. The van der Waals surface area contributed by atoms with Crippen molar-refractivity contribution in [2.45, 2.75) is 12.6 Å². The van der Waals surface area contributed by atoms with Gasteiger partial charge < -0.3 is 19.9 Å². The summed E-state index contributed by atoms with van der Waals surface area (Å²) in [6.07, 6.45) is 5.68. The van der Waals surface area contributed by atoms with E-state index in [2.05, 4.69) is 26.5 Å². The maximum absolute atomic E-state index is 5.81. The first-order valence-corrected chi connectivity index (χ1v) is 6.75. The second kappa shape index (κ2) is 5.60. The minimum absolute atomic E-state index is 0.195. The van der Waals surface area contributed by atoms with Crippen LogP contribution in [0.4, 0.5) is 5.82 Å². The lowest BCUT2D eigenvalue weighted by atomic mass is 10.2. The smallest absolute Gasteiger partial charge is 0.140 e. The van der Waals surface area contributed by atoms with Crippen molar-refractivity contribution in [3.05, 3.63) is 30.7 Å². The molecule has 106 valence electrons. The number of hydrogen-bond acceptors (Lipinski definition) is 5. The van der Waals surface area contributed by atoms with Crippen molar-refractivity contribution in [2.75, 3.05) is 32.5 Å². The molecule has 6 nitrogen and oxygen atoms in total. The van der Waals surface area contributed by atoms with Crippen LogP contribution in [0.25, 0.3) is 11.4 Å². The highest BCUT2D eigenvalue weighted by atomic mass is 16.5. The molecule has 2 aromatic rings. The van der Waals surface area contributed by atoms with E-state index in [0.717, 1.165) is 37.6 Å². The van der Waals surface area contributed by atoms with Crippen molar-refractivity contribution in [2.24, 2.45) is 0 Å². The average Bonchev–Trinajstić information content (AvgIpc) is 2.87. The van der Waals surface area contributed by atoms with E-state index in [0.29, 0.717) is 5.82 Å². The summed E-state index contributed by atoms with van der Waals surface area (Å²) in [6, 6.07) is 3.76. The van der Waals surface area contributed by atoms with Crippen LogP contribution in [0, 0.1) is 0 Å². The van der Waals surface area contributed by atoms with Crippen molar-refractivity contribution in [1.29, 1.82) is 0 Å². The van der Waals surface area contributed by atoms with Gasteiger partial charge in [-0.3, -0.25) is 0 Å². The fourth-order valence-electron chi connectivity index (χ4n) is 2.50. The number of nitrogen functional groups attached to an aromatic ring is 1. The maximum atomic E-state index is 5.81. The summed E-state index contributed by atoms with van der Waals surface area (Å²) in [7, 11) is 2.12. The van der Waals surface area contributed by atoms with Gasteiger partial charge in [0.1, 0.15) is 11.6 Å². The number of hydrogen-bond donors (Lipinski definition) is 1. The van der Waals surface area contributed by atoms with Gasteiger partial charge >= 0.3 is 0 Å². The molecule has 20 heavy (non-hydrogen) atoms. The van der Waals surface area contributed by atoms with Crippen molar-refractivity contribution in [3.8, 4) is 11.4 Å². The number of nitrogens with zero attached hydrogens (tertiary/aromatic N) is 4. The molecule has 0 aliphatic carbocycles. The molecule has 3 heterocycles. The Morgan fingerprint density at radius 3 is 3.10 bits per heavy atom. The summed E-state index contributed by atoms with van der Waals surface area (Å²) < 4.78 is 7.92. The van der Waals surface area contributed by atoms with Gasteiger partial charge in [-0.25, -0.2) is 9.97 Å². The maximum Gasteiger partial charge on any atom is 0.140 e. The molecule has 0 aromatic carbocycles. The quantitative estimate of drug-likeness (QED) is 0.898.